The summed E-state index contributed by atoms with van der Waals surface area (Å²) < 4.78 is 28.0. The highest BCUT2D eigenvalue weighted by Gasteiger charge is 2.45. The van der Waals surface area contributed by atoms with Gasteiger partial charge in [0.25, 0.3) is 0 Å². The van der Waals surface area contributed by atoms with Crippen LogP contribution in [0.2, 0.25) is 0 Å². The summed E-state index contributed by atoms with van der Waals surface area (Å²) in [7, 11) is 4.92. The quantitative estimate of drug-likeness (QED) is 0.425. The van der Waals surface area contributed by atoms with Gasteiger partial charge in [-0.05, 0) is 62.7 Å². The molecule has 2 aliphatic rings. The third kappa shape index (κ3) is 5.72. The smallest absolute Gasteiger partial charge is 0.409 e. The maximum absolute atomic E-state index is 15.5. The molecule has 5 rings (SSSR count). The Bertz CT molecular complexity index is 1600. The van der Waals surface area contributed by atoms with Gasteiger partial charge < -0.3 is 19.3 Å². The van der Waals surface area contributed by atoms with E-state index in [9.17, 15) is 10.1 Å². The minimum Gasteiger partial charge on any atom is -0.453 e. The fraction of sp³-hybridized carbons (Fsp3) is 0.375. The Morgan fingerprint density at radius 2 is 2.05 bits per heavy atom. The fourth-order valence-corrected chi connectivity index (χ4v) is 5.71. The highest BCUT2D eigenvalue weighted by Crippen LogP contribution is 2.47. The molecular formula is C32H33FN6O3. The summed E-state index contributed by atoms with van der Waals surface area (Å²) >= 11 is 0. The second-order valence-electron chi connectivity index (χ2n) is 10.9. The molecule has 3 unspecified atom stereocenters. The van der Waals surface area contributed by atoms with Crippen molar-refractivity contribution in [1.29, 1.82) is 5.26 Å². The standard InChI is InChI=1S/C32H33FN6O3/c1-32(26-11-7-22(19-34)8-12-26)28(24-9-10-25(27(33)18-24)21-38(3)31(40)41-4)29-35-14-16-39(29)30(36-32)42-17-13-23-6-5-15-37(2)20-23/h7-12,14,16,18,23,28H,5-6,15,20-21H2,1-4H3. The summed E-state index contributed by atoms with van der Waals surface area (Å²) in [6.07, 6.45) is 7.86. The number of aliphatic imine (C=N–C) groups is 1. The first-order valence-electron chi connectivity index (χ1n) is 13.8. The SMILES string of the molecule is COC(=O)N(C)Cc1ccc(C2c3nccn3C(OC#CC3CCCN(C)C3)=NC2(C)c2ccc(C#N)cc2)cc1F. The van der Waals surface area contributed by atoms with E-state index in [2.05, 4.69) is 35.0 Å². The number of rotatable bonds is 4. The van der Waals surface area contributed by atoms with Crippen LogP contribution in [0.15, 0.2) is 59.9 Å². The highest BCUT2D eigenvalue weighted by molar-refractivity contribution is 5.80. The molecule has 1 saturated heterocycles. The van der Waals surface area contributed by atoms with Crippen molar-refractivity contribution in [3.63, 3.8) is 0 Å². The van der Waals surface area contributed by atoms with Crippen LogP contribution in [0.25, 0.3) is 0 Å². The van der Waals surface area contributed by atoms with Crippen molar-refractivity contribution in [3.05, 3.63) is 88.8 Å². The van der Waals surface area contributed by atoms with Crippen molar-refractivity contribution >= 4 is 12.1 Å². The molecular weight excluding hydrogens is 535 g/mol. The van der Waals surface area contributed by atoms with Gasteiger partial charge in [-0.3, -0.25) is 4.57 Å². The van der Waals surface area contributed by atoms with Crippen molar-refractivity contribution in [2.45, 2.75) is 37.8 Å². The number of carbonyl (C=O) groups excluding carboxylic acids is 1. The summed E-state index contributed by atoms with van der Waals surface area (Å²) in [5, 5.41) is 9.36. The first-order valence-corrected chi connectivity index (χ1v) is 13.8. The summed E-state index contributed by atoms with van der Waals surface area (Å²) in [6, 6.07) is 14.6. The lowest BCUT2D eigenvalue weighted by molar-refractivity contribution is 0.131. The zero-order chi connectivity index (χ0) is 29.9. The molecule has 3 atom stereocenters. The second kappa shape index (κ2) is 12.1. The Kier molecular flexibility index (Phi) is 8.28. The molecule has 0 N–H and O–H groups in total. The summed E-state index contributed by atoms with van der Waals surface area (Å²) in [5.74, 6) is 3.10. The van der Waals surface area contributed by atoms with Gasteiger partial charge in [0.15, 0.2) is 0 Å². The number of imidazole rings is 1. The number of nitrogens with zero attached hydrogens (tertiary/aromatic N) is 6. The molecule has 216 valence electrons. The second-order valence-corrected chi connectivity index (χ2v) is 10.9. The largest absolute Gasteiger partial charge is 0.453 e. The van der Waals surface area contributed by atoms with Crippen LogP contribution < -0.4 is 0 Å². The van der Waals surface area contributed by atoms with E-state index in [1.165, 1.54) is 18.1 Å². The van der Waals surface area contributed by atoms with Crippen LogP contribution in [0.5, 0.6) is 0 Å². The highest BCUT2D eigenvalue weighted by atomic mass is 19.1. The number of piperidine rings is 1. The van der Waals surface area contributed by atoms with Crippen LogP contribution in [0, 0.1) is 35.1 Å². The summed E-state index contributed by atoms with van der Waals surface area (Å²) in [4.78, 5) is 25.2. The lowest BCUT2D eigenvalue weighted by atomic mass is 9.74. The number of carbonyl (C=O) groups is 1. The van der Waals surface area contributed by atoms with Gasteiger partial charge in [-0.2, -0.15) is 5.26 Å². The third-order valence-corrected chi connectivity index (χ3v) is 7.96. The van der Waals surface area contributed by atoms with Gasteiger partial charge in [-0.15, -0.1) is 0 Å². The Hall–Kier alpha value is -4.67. The van der Waals surface area contributed by atoms with Gasteiger partial charge in [-0.25, -0.2) is 19.2 Å². The molecule has 1 fully saturated rings. The molecule has 9 nitrogen and oxygen atoms in total. The van der Waals surface area contributed by atoms with E-state index in [0.29, 0.717) is 22.5 Å². The van der Waals surface area contributed by atoms with Gasteiger partial charge in [0.05, 0.1) is 31.2 Å². The predicted molar refractivity (Wildman–Crippen MR) is 155 cm³/mol. The number of hydrogen-bond donors (Lipinski definition) is 0. The van der Waals surface area contributed by atoms with Gasteiger partial charge in [0.2, 0.25) is 0 Å². The van der Waals surface area contributed by atoms with Crippen LogP contribution in [0.1, 0.15) is 53.8 Å². The number of nitriles is 1. The van der Waals surface area contributed by atoms with E-state index in [1.54, 1.807) is 42.2 Å². The molecule has 1 amide bonds. The molecule has 0 saturated carbocycles. The monoisotopic (exact) mass is 568 g/mol. The van der Waals surface area contributed by atoms with Crippen LogP contribution in [-0.4, -0.2) is 65.8 Å². The lowest BCUT2D eigenvalue weighted by Crippen LogP contribution is -2.39. The maximum Gasteiger partial charge on any atom is 0.409 e. The number of halogens is 1. The van der Waals surface area contributed by atoms with E-state index in [0.717, 1.165) is 31.5 Å². The van der Waals surface area contributed by atoms with Crippen LogP contribution >= 0.6 is 0 Å². The number of amides is 1. The van der Waals surface area contributed by atoms with E-state index in [4.69, 9.17) is 14.5 Å². The molecule has 0 radical (unpaired) electrons. The van der Waals surface area contributed by atoms with E-state index >= 15 is 4.39 Å². The van der Waals surface area contributed by atoms with Crippen LogP contribution in [0.3, 0.4) is 0 Å². The third-order valence-electron chi connectivity index (χ3n) is 7.96. The van der Waals surface area contributed by atoms with Crippen molar-refractivity contribution < 1.29 is 18.7 Å². The van der Waals surface area contributed by atoms with Crippen molar-refractivity contribution in [1.82, 2.24) is 19.4 Å². The number of ether oxygens (including phenoxy) is 2. The van der Waals surface area contributed by atoms with Crippen LogP contribution in [-0.2, 0) is 21.6 Å². The Morgan fingerprint density at radius 3 is 2.74 bits per heavy atom. The van der Waals surface area contributed by atoms with Crippen molar-refractivity contribution in [3.8, 4) is 18.1 Å². The molecule has 2 aromatic carbocycles. The number of likely N-dealkylation sites (tertiary alicyclic amines) is 1. The van der Waals surface area contributed by atoms with E-state index < -0.39 is 23.4 Å². The molecule has 10 heteroatoms. The fourth-order valence-electron chi connectivity index (χ4n) is 5.71. The average molecular weight is 569 g/mol. The zero-order valence-electron chi connectivity index (χ0n) is 24.2. The Labute approximate surface area is 245 Å². The molecule has 42 heavy (non-hydrogen) atoms. The number of methoxy groups -OCH3 is 1. The summed E-state index contributed by atoms with van der Waals surface area (Å²) in [6.45, 7) is 3.96. The van der Waals surface area contributed by atoms with Crippen molar-refractivity contribution in [2.75, 3.05) is 34.3 Å². The maximum atomic E-state index is 15.5. The number of fused-ring (bicyclic) bond motifs is 1. The van der Waals surface area contributed by atoms with E-state index in [1.807, 2.05) is 25.1 Å². The van der Waals surface area contributed by atoms with Crippen LogP contribution in [0.4, 0.5) is 9.18 Å². The predicted octanol–water partition coefficient (Wildman–Crippen LogP) is 4.68. The summed E-state index contributed by atoms with van der Waals surface area (Å²) in [5.41, 5.74) is 1.34. The Balaban J connectivity index is 1.55. The normalized spacial score (nSPS) is 21.7. The van der Waals surface area contributed by atoms with Crippen molar-refractivity contribution in [2.24, 2.45) is 10.9 Å². The molecule has 0 spiro atoms. The van der Waals surface area contributed by atoms with Gasteiger partial charge in [-0.1, -0.05) is 30.2 Å². The van der Waals surface area contributed by atoms with Gasteiger partial charge in [0.1, 0.15) is 23.3 Å². The van der Waals surface area contributed by atoms with E-state index in [-0.39, 0.29) is 18.5 Å². The number of aromatic nitrogens is 2. The van der Waals surface area contributed by atoms with Gasteiger partial charge >= 0.3 is 12.1 Å². The molecule has 0 aliphatic carbocycles. The molecule has 3 heterocycles. The molecule has 0 bridgehead atoms. The average Bonchev–Trinajstić information content (AvgIpc) is 3.47. The lowest BCUT2D eigenvalue weighted by Gasteiger charge is -2.38. The number of hydrogen-bond acceptors (Lipinski definition) is 7. The molecule has 1 aromatic heterocycles. The van der Waals surface area contributed by atoms with Gasteiger partial charge in [0, 0.05) is 37.5 Å². The topological polar surface area (TPSA) is 96.0 Å². The zero-order valence-corrected chi connectivity index (χ0v) is 24.2. The molecule has 3 aromatic rings. The molecule has 2 aliphatic heterocycles. The number of benzene rings is 2. The Morgan fingerprint density at radius 1 is 1.26 bits per heavy atom. The first-order chi connectivity index (χ1) is 20.2. The first kappa shape index (κ1) is 28.8. The minimum absolute atomic E-state index is 0.0521. The minimum atomic E-state index is -0.978.